The van der Waals surface area contributed by atoms with Crippen molar-refractivity contribution in [2.24, 2.45) is 17.6 Å². The summed E-state index contributed by atoms with van der Waals surface area (Å²) in [5, 5.41) is 0. The number of carbonyl (C=O) groups is 1. The van der Waals surface area contributed by atoms with Crippen molar-refractivity contribution >= 4 is 28.3 Å². The minimum Gasteiger partial charge on any atom is -0.338 e. The number of hydrogen-bond donors (Lipinski definition) is 2. The van der Waals surface area contributed by atoms with Gasteiger partial charge in [-0.15, -0.1) is 12.4 Å². The van der Waals surface area contributed by atoms with Crippen LogP contribution in [0.3, 0.4) is 0 Å². The summed E-state index contributed by atoms with van der Waals surface area (Å²) in [4.78, 5) is 14.7. The van der Waals surface area contributed by atoms with Gasteiger partial charge in [0.25, 0.3) is 5.91 Å². The molecule has 1 amide bonds. The lowest BCUT2D eigenvalue weighted by Gasteiger charge is -2.19. The minimum absolute atomic E-state index is 0. The lowest BCUT2D eigenvalue weighted by molar-refractivity contribution is 0.0779. The Hall–Kier alpha value is -1.15. The molecule has 3 rings (SSSR count). The van der Waals surface area contributed by atoms with E-state index in [1.54, 1.807) is 26.0 Å². The summed E-state index contributed by atoms with van der Waals surface area (Å²) in [5.74, 6) is 0.750. The highest BCUT2D eigenvalue weighted by molar-refractivity contribution is 7.89. The lowest BCUT2D eigenvalue weighted by atomic mass is 9.98. The van der Waals surface area contributed by atoms with Gasteiger partial charge in [0.05, 0.1) is 4.90 Å². The standard InChI is InChI=1S/C17H25N3O3S.ClH/c1-11(2)19-24(22,23)14-5-3-4-12(8-14)17(21)20-9-13-6-7-16(18)15(13)10-20;/h3-5,8,11,13,15-16,19H,6-7,9-10,18H2,1-2H3;1H. The fraction of sp³-hybridized carbons (Fsp3) is 0.588. The van der Waals surface area contributed by atoms with Crippen LogP contribution < -0.4 is 10.5 Å². The zero-order valence-electron chi connectivity index (χ0n) is 14.5. The van der Waals surface area contributed by atoms with Crippen molar-refractivity contribution in [1.82, 2.24) is 9.62 Å². The summed E-state index contributed by atoms with van der Waals surface area (Å²) in [6, 6.07) is 6.23. The predicted molar refractivity (Wildman–Crippen MR) is 99.2 cm³/mol. The molecular formula is C17H26ClN3O3S. The van der Waals surface area contributed by atoms with E-state index < -0.39 is 10.0 Å². The first-order valence-electron chi connectivity index (χ1n) is 8.45. The number of benzene rings is 1. The molecule has 3 atom stereocenters. The number of nitrogens with zero attached hydrogens (tertiary/aromatic N) is 1. The van der Waals surface area contributed by atoms with Gasteiger partial charge in [0.2, 0.25) is 10.0 Å². The molecule has 1 saturated heterocycles. The first-order chi connectivity index (χ1) is 11.3. The maximum Gasteiger partial charge on any atom is 0.253 e. The molecule has 1 saturated carbocycles. The SMILES string of the molecule is CC(C)NS(=O)(=O)c1cccc(C(=O)N2CC3CCC(N)C3C2)c1.Cl. The monoisotopic (exact) mass is 387 g/mol. The maximum absolute atomic E-state index is 12.8. The number of nitrogens with one attached hydrogen (secondary N) is 1. The van der Waals surface area contributed by atoms with E-state index in [0.717, 1.165) is 19.4 Å². The Balaban J connectivity index is 0.00000225. The summed E-state index contributed by atoms with van der Waals surface area (Å²) >= 11 is 0. The van der Waals surface area contributed by atoms with Gasteiger partial charge in [0, 0.05) is 30.7 Å². The fourth-order valence-electron chi connectivity index (χ4n) is 3.83. The average molecular weight is 388 g/mol. The van der Waals surface area contributed by atoms with Crippen LogP contribution in [0, 0.1) is 11.8 Å². The highest BCUT2D eigenvalue weighted by atomic mass is 35.5. The van der Waals surface area contributed by atoms with Crippen molar-refractivity contribution in [2.75, 3.05) is 13.1 Å². The van der Waals surface area contributed by atoms with Crippen molar-refractivity contribution in [2.45, 2.75) is 43.7 Å². The van der Waals surface area contributed by atoms with Crippen LogP contribution in [-0.2, 0) is 10.0 Å². The first kappa shape index (κ1) is 20.2. The Bertz CT molecular complexity index is 738. The molecule has 2 fully saturated rings. The number of rotatable bonds is 4. The zero-order valence-corrected chi connectivity index (χ0v) is 16.1. The molecule has 1 aliphatic carbocycles. The van der Waals surface area contributed by atoms with Crippen molar-refractivity contribution in [3.05, 3.63) is 29.8 Å². The zero-order chi connectivity index (χ0) is 17.5. The minimum atomic E-state index is -3.60. The smallest absolute Gasteiger partial charge is 0.253 e. The molecule has 0 spiro atoms. The number of sulfonamides is 1. The van der Waals surface area contributed by atoms with Gasteiger partial charge in [-0.05, 0) is 56.7 Å². The number of halogens is 1. The van der Waals surface area contributed by atoms with Gasteiger partial charge in [-0.2, -0.15) is 0 Å². The topological polar surface area (TPSA) is 92.5 Å². The molecule has 25 heavy (non-hydrogen) atoms. The Labute approximate surface area is 155 Å². The van der Waals surface area contributed by atoms with Gasteiger partial charge >= 0.3 is 0 Å². The van der Waals surface area contributed by atoms with Gasteiger partial charge in [0.1, 0.15) is 0 Å². The number of likely N-dealkylation sites (tertiary alicyclic amines) is 1. The Morgan fingerprint density at radius 2 is 2.00 bits per heavy atom. The molecule has 1 aliphatic heterocycles. The number of hydrogen-bond acceptors (Lipinski definition) is 4. The molecule has 0 aromatic heterocycles. The van der Waals surface area contributed by atoms with Crippen LogP contribution in [0.2, 0.25) is 0 Å². The van der Waals surface area contributed by atoms with Crippen LogP contribution in [0.1, 0.15) is 37.0 Å². The summed E-state index contributed by atoms with van der Waals surface area (Å²) in [6.07, 6.45) is 2.11. The molecule has 2 aliphatic rings. The van der Waals surface area contributed by atoms with E-state index in [1.165, 1.54) is 12.1 Å². The van der Waals surface area contributed by atoms with E-state index in [2.05, 4.69) is 4.72 Å². The van der Waals surface area contributed by atoms with Gasteiger partial charge < -0.3 is 10.6 Å². The predicted octanol–water partition coefficient (Wildman–Crippen LogP) is 1.60. The lowest BCUT2D eigenvalue weighted by Crippen LogP contribution is -2.34. The van der Waals surface area contributed by atoms with Crippen LogP contribution >= 0.6 is 12.4 Å². The first-order valence-corrected chi connectivity index (χ1v) is 9.93. The van der Waals surface area contributed by atoms with Crippen LogP contribution in [0.4, 0.5) is 0 Å². The molecule has 6 nitrogen and oxygen atoms in total. The molecule has 0 radical (unpaired) electrons. The van der Waals surface area contributed by atoms with Crippen LogP contribution in [0.25, 0.3) is 0 Å². The highest BCUT2D eigenvalue weighted by Crippen LogP contribution is 2.37. The van der Waals surface area contributed by atoms with E-state index in [1.807, 2.05) is 4.90 Å². The summed E-state index contributed by atoms with van der Waals surface area (Å²) in [7, 11) is -3.60. The van der Waals surface area contributed by atoms with Crippen LogP contribution in [0.5, 0.6) is 0 Å². The molecule has 1 aromatic rings. The van der Waals surface area contributed by atoms with Crippen LogP contribution in [-0.4, -0.2) is 44.4 Å². The van der Waals surface area contributed by atoms with E-state index in [-0.39, 0.29) is 35.3 Å². The largest absolute Gasteiger partial charge is 0.338 e. The summed E-state index contributed by atoms with van der Waals surface area (Å²) < 4.78 is 27.1. The molecule has 0 bridgehead atoms. The third-order valence-corrected chi connectivity index (χ3v) is 6.64. The Kier molecular flexibility index (Phi) is 6.14. The van der Waals surface area contributed by atoms with E-state index in [9.17, 15) is 13.2 Å². The highest BCUT2D eigenvalue weighted by Gasteiger charge is 2.42. The third-order valence-electron chi connectivity index (χ3n) is 4.98. The number of nitrogens with two attached hydrogens (primary N) is 1. The second-order valence-electron chi connectivity index (χ2n) is 7.18. The van der Waals surface area contributed by atoms with Crippen LogP contribution in [0.15, 0.2) is 29.2 Å². The van der Waals surface area contributed by atoms with E-state index in [4.69, 9.17) is 5.73 Å². The van der Waals surface area contributed by atoms with Gasteiger partial charge in [-0.25, -0.2) is 13.1 Å². The third kappa shape index (κ3) is 4.16. The van der Waals surface area contributed by atoms with Gasteiger partial charge in [-0.1, -0.05) is 6.07 Å². The second kappa shape index (κ2) is 7.61. The number of fused-ring (bicyclic) bond motifs is 1. The summed E-state index contributed by atoms with van der Waals surface area (Å²) in [6.45, 7) is 4.92. The van der Waals surface area contributed by atoms with Crippen molar-refractivity contribution < 1.29 is 13.2 Å². The Morgan fingerprint density at radius 1 is 1.28 bits per heavy atom. The van der Waals surface area contributed by atoms with Gasteiger partial charge in [0.15, 0.2) is 0 Å². The average Bonchev–Trinajstić information content (AvgIpc) is 3.08. The van der Waals surface area contributed by atoms with Crippen molar-refractivity contribution in [3.8, 4) is 0 Å². The van der Waals surface area contributed by atoms with E-state index in [0.29, 0.717) is 23.9 Å². The molecule has 8 heteroatoms. The van der Waals surface area contributed by atoms with Crippen molar-refractivity contribution in [3.63, 3.8) is 0 Å². The van der Waals surface area contributed by atoms with E-state index >= 15 is 0 Å². The molecule has 1 aromatic carbocycles. The fourth-order valence-corrected chi connectivity index (χ4v) is 5.13. The summed E-state index contributed by atoms with van der Waals surface area (Å²) in [5.41, 5.74) is 6.54. The number of amides is 1. The quantitative estimate of drug-likeness (QED) is 0.820. The molecule has 140 valence electrons. The number of carbonyl (C=O) groups excluding carboxylic acids is 1. The Morgan fingerprint density at radius 3 is 2.64 bits per heavy atom. The molecule has 1 heterocycles. The maximum atomic E-state index is 12.8. The van der Waals surface area contributed by atoms with Gasteiger partial charge in [-0.3, -0.25) is 4.79 Å². The molecule has 3 unspecified atom stereocenters. The normalized spacial score (nSPS) is 25.8. The molecular weight excluding hydrogens is 362 g/mol. The van der Waals surface area contributed by atoms with Crippen molar-refractivity contribution in [1.29, 1.82) is 0 Å². The second-order valence-corrected chi connectivity index (χ2v) is 8.89. The molecule has 3 N–H and O–H groups in total.